The first-order chi connectivity index (χ1) is 72.9. The molecule has 718 valence electrons. The van der Waals surface area contributed by atoms with Crippen molar-refractivity contribution >= 4 is 167 Å². The SMILES string of the molecule is CC(C)(C)c1cc(-c2cccc3oc4ccccc4c23)c(N2c3ccc(-c4cc(-c5ccccc5)cc(-c5ccccc5)c4)cc3B3c4ccc(-c5cc(-c6ccccc6)cc(-c6ccccc6)c5)cc4N(c4c(-c5cccc6oc7ccccc7c56)cc(C(C)(C)C)cc4-c4cccc5oc6ccccc6c45)c4cc(-n5c6ccc(C(C)(C)C)cc6c6cc(C(C)(C)C)ccc65)cc2c43)c(-c2cccc3oc4ccccc4c23)c1. The van der Waals surface area contributed by atoms with Crippen LogP contribution < -0.4 is 26.2 Å². The summed E-state index contributed by atoms with van der Waals surface area (Å²) < 4.78 is 31.5. The Balaban J connectivity index is 0.868. The first kappa shape index (κ1) is 89.9. The first-order valence-electron chi connectivity index (χ1n) is 52.6. The van der Waals surface area contributed by atoms with E-state index in [1.807, 2.05) is 0 Å². The van der Waals surface area contributed by atoms with Crippen LogP contribution in [0.1, 0.15) is 105 Å². The van der Waals surface area contributed by atoms with Crippen molar-refractivity contribution in [1.29, 1.82) is 0 Å². The van der Waals surface area contributed by atoms with Gasteiger partial charge in [0.1, 0.15) is 44.7 Å². The fourth-order valence-electron chi connectivity index (χ4n) is 24.4. The van der Waals surface area contributed by atoms with Gasteiger partial charge < -0.3 is 32.0 Å². The van der Waals surface area contributed by atoms with Crippen molar-refractivity contribution < 1.29 is 17.7 Å². The predicted octanol–water partition coefficient (Wildman–Crippen LogP) is 38.3. The van der Waals surface area contributed by atoms with Crippen LogP contribution in [0.2, 0.25) is 0 Å². The van der Waals surface area contributed by atoms with Gasteiger partial charge >= 0.3 is 0 Å². The molecule has 7 nitrogen and oxygen atoms in total. The quantitative estimate of drug-likeness (QED) is 0.107. The van der Waals surface area contributed by atoms with Crippen molar-refractivity contribution in [3.8, 4) is 117 Å². The maximum absolute atomic E-state index is 7.23. The topological polar surface area (TPSA) is 64.0 Å². The Hall–Kier alpha value is -17.7. The molecule has 0 fully saturated rings. The molecule has 0 amide bonds. The van der Waals surface area contributed by atoms with E-state index in [9.17, 15) is 0 Å². The monoisotopic (exact) mass is 1930 g/mol. The molecule has 26 aromatic rings. The molecule has 0 unspecified atom stereocenters. The van der Waals surface area contributed by atoms with E-state index in [1.54, 1.807) is 0 Å². The maximum atomic E-state index is 7.23. The Morgan fingerprint density at radius 2 is 0.480 bits per heavy atom. The van der Waals surface area contributed by atoms with Gasteiger partial charge in [-0.1, -0.05) is 362 Å². The Labute approximate surface area is 873 Å². The van der Waals surface area contributed by atoms with E-state index in [2.05, 4.69) is 534 Å². The summed E-state index contributed by atoms with van der Waals surface area (Å²) in [6, 6.07) is 165. The number of rotatable bonds is 13. The van der Waals surface area contributed by atoms with Crippen LogP contribution in [-0.4, -0.2) is 11.3 Å². The lowest BCUT2D eigenvalue weighted by Gasteiger charge is -2.46. The normalized spacial score (nSPS) is 12.9. The summed E-state index contributed by atoms with van der Waals surface area (Å²) in [4.78, 5) is 5.54. The number of hydrogen-bond acceptors (Lipinski definition) is 6. The van der Waals surface area contributed by atoms with Gasteiger partial charge in [0.2, 0.25) is 0 Å². The number of hydrogen-bond donors (Lipinski definition) is 0. The van der Waals surface area contributed by atoms with Crippen LogP contribution in [0.25, 0.3) is 227 Å². The Morgan fingerprint density at radius 1 is 0.187 bits per heavy atom. The highest BCUT2D eigenvalue weighted by Crippen LogP contribution is 2.60. The molecule has 2 aliphatic rings. The molecule has 0 aliphatic carbocycles. The second kappa shape index (κ2) is 33.9. The summed E-state index contributed by atoms with van der Waals surface area (Å²) in [5.74, 6) is 0. The third-order valence-electron chi connectivity index (χ3n) is 31.9. The van der Waals surface area contributed by atoms with Crippen molar-refractivity contribution in [2.24, 2.45) is 0 Å². The molecule has 2 aliphatic heterocycles. The number of fused-ring (bicyclic) bond motifs is 19. The lowest BCUT2D eigenvalue weighted by Crippen LogP contribution is -2.61. The molecule has 7 heterocycles. The molecular weight excluding hydrogens is 1820 g/mol. The molecule has 0 N–H and O–H groups in total. The average Bonchev–Trinajstić information content (AvgIpc) is 1.65. The highest BCUT2D eigenvalue weighted by atomic mass is 16.3. The predicted molar refractivity (Wildman–Crippen MR) is 633 cm³/mol. The second-order valence-corrected chi connectivity index (χ2v) is 45.4. The number of nitrogens with zero attached hydrogens (tertiary/aromatic N) is 3. The summed E-state index contributed by atoms with van der Waals surface area (Å²) in [7, 11) is 0. The van der Waals surface area contributed by atoms with E-state index in [4.69, 9.17) is 17.7 Å². The summed E-state index contributed by atoms with van der Waals surface area (Å²) in [6.45, 7) is 27.8. The molecule has 0 radical (unpaired) electrons. The molecule has 150 heavy (non-hydrogen) atoms. The Bertz CT molecular complexity index is 9620. The van der Waals surface area contributed by atoms with Gasteiger partial charge in [0.15, 0.2) is 0 Å². The van der Waals surface area contributed by atoms with Crippen molar-refractivity contribution in [3.05, 3.63) is 459 Å². The Morgan fingerprint density at radius 3 is 0.813 bits per heavy atom. The smallest absolute Gasteiger partial charge is 0.252 e. The average molecular weight is 1930 g/mol. The fraction of sp³-hybridized carbons (Fsp3) is 0.113. The lowest BCUT2D eigenvalue weighted by molar-refractivity contribution is 0.590. The number of anilines is 6. The number of furan rings is 4. The molecule has 21 aromatic carbocycles. The van der Waals surface area contributed by atoms with Crippen LogP contribution in [0, 0.1) is 0 Å². The summed E-state index contributed by atoms with van der Waals surface area (Å²) in [5, 5.41) is 10.6. The molecule has 0 bridgehead atoms. The van der Waals surface area contributed by atoms with Gasteiger partial charge in [-0.05, 0) is 307 Å². The molecular formula is C142H108BN3O4. The molecule has 8 heteroatoms. The van der Waals surface area contributed by atoms with Crippen molar-refractivity contribution in [2.75, 3.05) is 9.80 Å². The minimum absolute atomic E-state index is 0.202. The highest BCUT2D eigenvalue weighted by molar-refractivity contribution is 7.00. The van der Waals surface area contributed by atoms with Gasteiger partial charge in [0.25, 0.3) is 6.71 Å². The van der Waals surface area contributed by atoms with Gasteiger partial charge in [-0.2, -0.15) is 0 Å². The summed E-state index contributed by atoms with van der Waals surface area (Å²) in [5.41, 5.74) is 44.1. The largest absolute Gasteiger partial charge is 0.456 e. The van der Waals surface area contributed by atoms with Gasteiger partial charge in [0.05, 0.1) is 28.1 Å². The molecule has 28 rings (SSSR count). The van der Waals surface area contributed by atoms with E-state index in [0.717, 1.165) is 277 Å². The van der Waals surface area contributed by atoms with Gasteiger partial charge in [-0.15, -0.1) is 0 Å². The maximum Gasteiger partial charge on any atom is 0.252 e. The summed E-state index contributed by atoms with van der Waals surface area (Å²) in [6.07, 6.45) is 0. The van der Waals surface area contributed by atoms with Gasteiger partial charge in [-0.3, -0.25) is 0 Å². The molecule has 0 saturated carbocycles. The van der Waals surface area contributed by atoms with Gasteiger partial charge in [-0.25, -0.2) is 0 Å². The minimum Gasteiger partial charge on any atom is -0.456 e. The molecule has 0 spiro atoms. The summed E-state index contributed by atoms with van der Waals surface area (Å²) >= 11 is 0. The first-order valence-corrected chi connectivity index (χ1v) is 52.6. The van der Waals surface area contributed by atoms with Crippen molar-refractivity contribution in [3.63, 3.8) is 0 Å². The number of aromatic nitrogens is 1. The zero-order chi connectivity index (χ0) is 101. The standard InChI is InChI=1S/C142H108BN3O4/c1-139(2,3)97-63-67-118-110(77-97)111-78-98(140(4,5)6)64-68-119(111)144(118)101-83-122-136-123(84-101)146(138-114(104-51-35-59-130-134(104)108-47-27-31-55-126(108)149-130)81-100(142(10,11)12)82-115(138)105-52-36-60-131-135(105)109-48-28-32-56-127(109)150-131)121-76-90(96-73-93(87-41-21-15-22-42-87)70-94(74-96)88-43-23-16-24-44-88)61-65-116(121)143(136)117-75-89(95-71-91(85-37-17-13-18-38-85)69-92(72-95)86-39-19-14-20-40-86)62-66-120(117)145(122)137-112(102-49-33-57-128-132(102)106-45-25-29-53-124(106)147-128)79-99(141(7,8)9)80-113(137)103-50-34-58-129-133(103)107-46-26-30-54-125(107)148-129/h13-84H,1-12H3. The molecule has 5 aromatic heterocycles. The lowest BCUT2D eigenvalue weighted by atomic mass is 9.33. The van der Waals surface area contributed by atoms with E-state index in [0.29, 0.717) is 0 Å². The van der Waals surface area contributed by atoms with E-state index in [-0.39, 0.29) is 10.8 Å². The van der Waals surface area contributed by atoms with Crippen molar-refractivity contribution in [1.82, 2.24) is 4.57 Å². The van der Waals surface area contributed by atoms with Crippen LogP contribution in [0.15, 0.2) is 454 Å². The minimum atomic E-state index is -0.523. The third-order valence-corrected chi connectivity index (χ3v) is 31.9. The van der Waals surface area contributed by atoms with Crippen molar-refractivity contribution in [2.45, 2.75) is 105 Å². The number of para-hydroxylation sites is 4. The van der Waals surface area contributed by atoms with Crippen LogP contribution in [0.5, 0.6) is 0 Å². The van der Waals surface area contributed by atoms with E-state index < -0.39 is 17.5 Å². The zero-order valence-electron chi connectivity index (χ0n) is 86.1. The van der Waals surface area contributed by atoms with E-state index in [1.165, 1.54) is 21.9 Å². The van der Waals surface area contributed by atoms with Crippen LogP contribution in [0.3, 0.4) is 0 Å². The van der Waals surface area contributed by atoms with Crippen LogP contribution in [0.4, 0.5) is 34.1 Å². The Kier molecular flexibility index (Phi) is 20.3. The third kappa shape index (κ3) is 14.6. The molecule has 0 saturated heterocycles. The van der Waals surface area contributed by atoms with Crippen LogP contribution in [-0.2, 0) is 21.7 Å². The van der Waals surface area contributed by atoms with E-state index >= 15 is 0 Å². The zero-order valence-corrected chi connectivity index (χ0v) is 86.1. The molecule has 0 atom stereocenters. The highest BCUT2D eigenvalue weighted by Gasteiger charge is 2.48. The van der Waals surface area contributed by atoms with Gasteiger partial charge in [0, 0.05) is 98.9 Å². The van der Waals surface area contributed by atoms with Crippen LogP contribution >= 0.6 is 0 Å². The fourth-order valence-corrected chi connectivity index (χ4v) is 24.4. The number of benzene rings is 21. The second-order valence-electron chi connectivity index (χ2n) is 45.4.